The molecule has 0 aliphatic carbocycles. The van der Waals surface area contributed by atoms with Crippen LogP contribution >= 0.6 is 0 Å². The number of carbonyl (C=O) groups is 2. The molecule has 0 aromatic heterocycles. The molecule has 3 N–H and O–H groups in total. The van der Waals surface area contributed by atoms with Gasteiger partial charge in [-0.1, -0.05) is 319 Å². The van der Waals surface area contributed by atoms with Crippen molar-refractivity contribution >= 4 is 11.9 Å². The highest BCUT2D eigenvalue weighted by Gasteiger charge is 2.18. The Labute approximate surface area is 486 Å². The van der Waals surface area contributed by atoms with Crippen LogP contribution in [0.25, 0.3) is 0 Å². The highest BCUT2D eigenvalue weighted by atomic mass is 16.5. The van der Waals surface area contributed by atoms with Gasteiger partial charge in [-0.3, -0.25) is 9.59 Å². The fourth-order valence-electron chi connectivity index (χ4n) is 10.7. The molecular formula is C72H135NO5. The van der Waals surface area contributed by atoms with Crippen molar-refractivity contribution in [1.82, 2.24) is 5.32 Å². The van der Waals surface area contributed by atoms with Gasteiger partial charge in [0.05, 0.1) is 25.4 Å². The summed E-state index contributed by atoms with van der Waals surface area (Å²) in [6.07, 6.45) is 87.5. The third kappa shape index (κ3) is 63.0. The van der Waals surface area contributed by atoms with Gasteiger partial charge in [0, 0.05) is 12.8 Å². The quantitative estimate of drug-likeness (QED) is 0.0320. The predicted octanol–water partition coefficient (Wildman–Crippen LogP) is 22.5. The van der Waals surface area contributed by atoms with Crippen LogP contribution in [0, 0.1) is 0 Å². The lowest BCUT2D eigenvalue weighted by atomic mass is 10.0. The monoisotopic (exact) mass is 1090 g/mol. The Kier molecular flexibility index (Phi) is 65.4. The van der Waals surface area contributed by atoms with Crippen LogP contribution in [0.2, 0.25) is 0 Å². The average molecular weight is 1090 g/mol. The Morgan fingerprint density at radius 1 is 0.359 bits per heavy atom. The van der Waals surface area contributed by atoms with Crippen molar-refractivity contribution in [1.29, 1.82) is 0 Å². The first kappa shape index (κ1) is 75.8. The SMILES string of the molecule is CCCCC/C=C\C/C=C\CCCCCCCC(=O)OCCCCCCCCCCCCCC/C=C\CCCCCCCCCCCCCCC(=O)NC(CO)C(O)/C=C/CCCCCCCCCCCCCCCCCC. The molecule has 0 aromatic carbocycles. The van der Waals surface area contributed by atoms with Crippen LogP contribution in [0.15, 0.2) is 48.6 Å². The number of hydrogen-bond acceptors (Lipinski definition) is 5. The molecule has 0 saturated carbocycles. The maximum atomic E-state index is 12.5. The van der Waals surface area contributed by atoms with Crippen molar-refractivity contribution < 1.29 is 24.5 Å². The van der Waals surface area contributed by atoms with E-state index >= 15 is 0 Å². The molecule has 0 aromatic rings. The van der Waals surface area contributed by atoms with Crippen LogP contribution in [-0.2, 0) is 14.3 Å². The number of unbranched alkanes of at least 4 members (excludes halogenated alkanes) is 48. The Balaban J connectivity index is 3.41. The molecule has 0 bridgehead atoms. The fourth-order valence-corrected chi connectivity index (χ4v) is 10.7. The minimum atomic E-state index is -0.846. The molecule has 0 saturated heterocycles. The van der Waals surface area contributed by atoms with Crippen LogP contribution < -0.4 is 5.32 Å². The summed E-state index contributed by atoms with van der Waals surface area (Å²) in [5.74, 6) is -0.0641. The molecule has 1 amide bonds. The van der Waals surface area contributed by atoms with E-state index in [2.05, 4.69) is 55.6 Å². The van der Waals surface area contributed by atoms with E-state index in [4.69, 9.17) is 4.74 Å². The van der Waals surface area contributed by atoms with Crippen molar-refractivity contribution in [3.8, 4) is 0 Å². The summed E-state index contributed by atoms with van der Waals surface area (Å²) >= 11 is 0. The number of aliphatic hydroxyl groups is 2. The molecule has 0 rings (SSSR count). The number of ether oxygens (including phenoxy) is 1. The third-order valence-electron chi connectivity index (χ3n) is 16.1. The molecule has 6 heteroatoms. The van der Waals surface area contributed by atoms with E-state index in [0.29, 0.717) is 19.4 Å². The van der Waals surface area contributed by atoms with E-state index < -0.39 is 12.1 Å². The highest BCUT2D eigenvalue weighted by Crippen LogP contribution is 2.18. The minimum Gasteiger partial charge on any atom is -0.466 e. The standard InChI is InChI=1S/C72H135NO5/c1-3-5-7-9-11-13-15-17-19-20-33-37-40-44-48-52-56-60-64-70(75)69(68-74)73-71(76)65-61-57-53-49-45-41-38-34-31-29-27-25-23-21-22-24-26-28-30-32-35-39-43-47-51-55-59-63-67-78-72(77)66-62-58-54-50-46-42-36-18-16-14-12-10-8-6-4-2/h12,14,18,21-22,36,60,64,69-70,74-75H,3-11,13,15-17,19-20,23-35,37-59,61-63,65-68H2,1-2H3,(H,73,76)/b14-12-,22-21-,36-18-,64-60+. The Morgan fingerprint density at radius 3 is 1.01 bits per heavy atom. The van der Waals surface area contributed by atoms with Gasteiger partial charge in [0.25, 0.3) is 0 Å². The van der Waals surface area contributed by atoms with E-state index in [9.17, 15) is 19.8 Å². The van der Waals surface area contributed by atoms with Gasteiger partial charge in [-0.05, 0) is 89.9 Å². The lowest BCUT2D eigenvalue weighted by Crippen LogP contribution is -2.45. The fraction of sp³-hybridized carbons (Fsp3) is 0.861. The zero-order valence-electron chi connectivity index (χ0n) is 52.4. The second-order valence-corrected chi connectivity index (χ2v) is 23.9. The van der Waals surface area contributed by atoms with Gasteiger partial charge in [-0.25, -0.2) is 0 Å². The molecule has 0 fully saturated rings. The van der Waals surface area contributed by atoms with Gasteiger partial charge in [0.15, 0.2) is 0 Å². The van der Waals surface area contributed by atoms with Gasteiger partial charge in [-0.15, -0.1) is 0 Å². The number of carbonyl (C=O) groups excluding carboxylic acids is 2. The molecule has 0 aliphatic heterocycles. The molecular weight excluding hydrogens is 959 g/mol. The van der Waals surface area contributed by atoms with Crippen molar-refractivity contribution in [2.45, 2.75) is 386 Å². The van der Waals surface area contributed by atoms with Crippen molar-refractivity contribution in [2.75, 3.05) is 13.2 Å². The minimum absolute atomic E-state index is 0.00149. The van der Waals surface area contributed by atoms with Crippen LogP contribution in [0.3, 0.4) is 0 Å². The molecule has 0 heterocycles. The molecule has 458 valence electrons. The Morgan fingerprint density at radius 2 is 0.641 bits per heavy atom. The first-order chi connectivity index (χ1) is 38.5. The molecule has 2 atom stereocenters. The van der Waals surface area contributed by atoms with Gasteiger partial charge in [0.1, 0.15) is 0 Å². The van der Waals surface area contributed by atoms with Crippen LogP contribution in [0.4, 0.5) is 0 Å². The smallest absolute Gasteiger partial charge is 0.305 e. The van der Waals surface area contributed by atoms with Gasteiger partial charge >= 0.3 is 5.97 Å². The summed E-state index contributed by atoms with van der Waals surface area (Å²) in [4.78, 5) is 24.6. The third-order valence-corrected chi connectivity index (χ3v) is 16.1. The maximum Gasteiger partial charge on any atom is 0.305 e. The van der Waals surface area contributed by atoms with Gasteiger partial charge in [0.2, 0.25) is 5.91 Å². The summed E-state index contributed by atoms with van der Waals surface area (Å²) in [5, 5.41) is 23.2. The topological polar surface area (TPSA) is 95.9 Å². The second kappa shape index (κ2) is 67.3. The summed E-state index contributed by atoms with van der Waals surface area (Å²) in [6, 6.07) is -0.629. The normalized spacial score (nSPS) is 12.8. The number of rotatable bonds is 65. The molecule has 0 spiro atoms. The summed E-state index contributed by atoms with van der Waals surface area (Å²) < 4.78 is 5.48. The number of allylic oxidation sites excluding steroid dienone is 7. The van der Waals surface area contributed by atoms with Crippen molar-refractivity contribution in [3.05, 3.63) is 48.6 Å². The first-order valence-corrected chi connectivity index (χ1v) is 34.9. The second-order valence-electron chi connectivity index (χ2n) is 23.9. The van der Waals surface area contributed by atoms with Gasteiger partial charge in [-0.2, -0.15) is 0 Å². The number of hydrogen-bond donors (Lipinski definition) is 3. The molecule has 0 radical (unpaired) electrons. The summed E-state index contributed by atoms with van der Waals surface area (Å²) in [6.45, 7) is 4.90. The maximum absolute atomic E-state index is 12.5. The lowest BCUT2D eigenvalue weighted by Gasteiger charge is -2.20. The van der Waals surface area contributed by atoms with E-state index in [-0.39, 0.29) is 18.5 Å². The Bertz CT molecular complexity index is 1310. The predicted molar refractivity (Wildman–Crippen MR) is 342 cm³/mol. The summed E-state index contributed by atoms with van der Waals surface area (Å²) in [7, 11) is 0. The zero-order valence-corrected chi connectivity index (χ0v) is 52.4. The van der Waals surface area contributed by atoms with E-state index in [1.807, 2.05) is 6.08 Å². The number of aliphatic hydroxyl groups excluding tert-OH is 2. The molecule has 6 nitrogen and oxygen atoms in total. The molecule has 2 unspecified atom stereocenters. The van der Waals surface area contributed by atoms with Crippen molar-refractivity contribution in [3.63, 3.8) is 0 Å². The summed E-state index contributed by atoms with van der Waals surface area (Å²) in [5.41, 5.74) is 0. The zero-order chi connectivity index (χ0) is 56.4. The van der Waals surface area contributed by atoms with Crippen LogP contribution in [0.1, 0.15) is 373 Å². The largest absolute Gasteiger partial charge is 0.466 e. The number of nitrogens with one attached hydrogen (secondary N) is 1. The lowest BCUT2D eigenvalue weighted by molar-refractivity contribution is -0.143. The number of amides is 1. The van der Waals surface area contributed by atoms with Crippen molar-refractivity contribution in [2.24, 2.45) is 0 Å². The first-order valence-electron chi connectivity index (χ1n) is 34.9. The van der Waals surface area contributed by atoms with E-state index in [1.165, 1.54) is 295 Å². The molecule has 0 aliphatic rings. The van der Waals surface area contributed by atoms with Crippen LogP contribution in [0.5, 0.6) is 0 Å². The van der Waals surface area contributed by atoms with Crippen LogP contribution in [-0.4, -0.2) is 47.4 Å². The highest BCUT2D eigenvalue weighted by molar-refractivity contribution is 5.76. The molecule has 78 heavy (non-hydrogen) atoms. The van der Waals surface area contributed by atoms with E-state index in [1.54, 1.807) is 6.08 Å². The van der Waals surface area contributed by atoms with E-state index in [0.717, 1.165) is 51.4 Å². The van der Waals surface area contributed by atoms with Gasteiger partial charge < -0.3 is 20.3 Å². The number of esters is 1. The average Bonchev–Trinajstić information content (AvgIpc) is 3.44. The Hall–Kier alpha value is -2.18.